The molecule has 1 aromatic carbocycles. The van der Waals surface area contributed by atoms with Gasteiger partial charge in [-0.15, -0.1) is 0 Å². The lowest BCUT2D eigenvalue weighted by molar-refractivity contribution is 0.482. The Kier molecular flexibility index (Phi) is 5.24. The molecule has 0 spiro atoms. The summed E-state index contributed by atoms with van der Waals surface area (Å²) in [5.41, 5.74) is 0. The molecule has 1 unspecified atom stereocenters. The summed E-state index contributed by atoms with van der Waals surface area (Å²) < 4.78 is 12.0. The van der Waals surface area contributed by atoms with E-state index in [1.54, 1.807) is 12.1 Å². The zero-order chi connectivity index (χ0) is 12.0. The first-order valence-corrected chi connectivity index (χ1v) is 7.74. The molecule has 2 nitrogen and oxygen atoms in total. The van der Waals surface area contributed by atoms with Gasteiger partial charge in [-0.3, -0.25) is 4.57 Å². The van der Waals surface area contributed by atoms with E-state index in [9.17, 15) is 9.46 Å². The monoisotopic (exact) mass is 240 g/mol. The lowest BCUT2D eigenvalue weighted by Gasteiger charge is -2.11. The number of benzene rings is 1. The highest BCUT2D eigenvalue weighted by molar-refractivity contribution is 7.66. The van der Waals surface area contributed by atoms with Crippen LogP contribution in [0.2, 0.25) is 0 Å². The maximum Gasteiger partial charge on any atom is 0.229 e. The van der Waals surface area contributed by atoms with Crippen LogP contribution in [0, 0.1) is 5.92 Å². The van der Waals surface area contributed by atoms with Crippen LogP contribution in [0.1, 0.15) is 33.1 Å². The second-order valence-electron chi connectivity index (χ2n) is 4.65. The van der Waals surface area contributed by atoms with Crippen molar-refractivity contribution >= 4 is 12.7 Å². The van der Waals surface area contributed by atoms with Crippen molar-refractivity contribution in [2.24, 2.45) is 5.92 Å². The molecule has 0 aliphatic carbocycles. The third-order valence-corrected chi connectivity index (χ3v) is 4.68. The quantitative estimate of drug-likeness (QED) is 0.611. The maximum absolute atomic E-state index is 12.0. The van der Waals surface area contributed by atoms with Crippen molar-refractivity contribution in [3.8, 4) is 0 Å². The fourth-order valence-corrected chi connectivity index (χ4v) is 3.22. The van der Waals surface area contributed by atoms with Gasteiger partial charge < -0.3 is 4.89 Å². The van der Waals surface area contributed by atoms with Crippen LogP contribution in [0.5, 0.6) is 0 Å². The molecule has 0 saturated heterocycles. The van der Waals surface area contributed by atoms with Crippen LogP contribution in [0.4, 0.5) is 0 Å². The summed E-state index contributed by atoms with van der Waals surface area (Å²) in [4.78, 5) is 9.91. The van der Waals surface area contributed by atoms with Crippen LogP contribution in [-0.2, 0) is 4.57 Å². The molecular formula is C13H21O2P. The first-order valence-electron chi connectivity index (χ1n) is 5.90. The van der Waals surface area contributed by atoms with Gasteiger partial charge in [0, 0.05) is 11.5 Å². The van der Waals surface area contributed by atoms with Crippen molar-refractivity contribution in [1.82, 2.24) is 0 Å². The van der Waals surface area contributed by atoms with Crippen LogP contribution in [-0.4, -0.2) is 11.1 Å². The lowest BCUT2D eigenvalue weighted by atomic mass is 10.1. The second-order valence-corrected chi connectivity index (χ2v) is 7.02. The summed E-state index contributed by atoms with van der Waals surface area (Å²) in [7, 11) is -3.10. The molecule has 0 aliphatic heterocycles. The normalized spacial score (nSPS) is 15.0. The van der Waals surface area contributed by atoms with Crippen molar-refractivity contribution in [2.75, 3.05) is 6.16 Å². The molecule has 0 aromatic heterocycles. The molecule has 0 fully saturated rings. The van der Waals surface area contributed by atoms with Gasteiger partial charge in [0.05, 0.1) is 0 Å². The van der Waals surface area contributed by atoms with Crippen LogP contribution in [0.15, 0.2) is 30.3 Å². The van der Waals surface area contributed by atoms with Gasteiger partial charge in [-0.05, 0) is 24.5 Å². The first kappa shape index (κ1) is 13.5. The van der Waals surface area contributed by atoms with Gasteiger partial charge >= 0.3 is 0 Å². The average Bonchev–Trinajstić information content (AvgIpc) is 2.26. The van der Waals surface area contributed by atoms with Crippen molar-refractivity contribution in [2.45, 2.75) is 33.1 Å². The van der Waals surface area contributed by atoms with Gasteiger partial charge in [0.25, 0.3) is 0 Å². The summed E-state index contributed by atoms with van der Waals surface area (Å²) in [5.74, 6) is 0.676. The van der Waals surface area contributed by atoms with Crippen molar-refractivity contribution in [1.29, 1.82) is 0 Å². The number of rotatable bonds is 6. The molecule has 1 rings (SSSR count). The van der Waals surface area contributed by atoms with Gasteiger partial charge in [-0.2, -0.15) is 0 Å². The average molecular weight is 240 g/mol. The molecule has 0 amide bonds. The summed E-state index contributed by atoms with van der Waals surface area (Å²) >= 11 is 0. The third-order valence-electron chi connectivity index (χ3n) is 2.65. The topological polar surface area (TPSA) is 37.3 Å². The van der Waals surface area contributed by atoms with E-state index in [0.717, 1.165) is 19.3 Å². The Morgan fingerprint density at radius 2 is 1.81 bits per heavy atom. The van der Waals surface area contributed by atoms with Crippen LogP contribution < -0.4 is 5.30 Å². The Morgan fingerprint density at radius 1 is 1.19 bits per heavy atom. The molecule has 0 aliphatic rings. The second kappa shape index (κ2) is 6.22. The lowest BCUT2D eigenvalue weighted by Crippen LogP contribution is -2.06. The van der Waals surface area contributed by atoms with E-state index in [1.165, 1.54) is 0 Å². The van der Waals surface area contributed by atoms with E-state index < -0.39 is 7.37 Å². The van der Waals surface area contributed by atoms with E-state index in [-0.39, 0.29) is 0 Å². The van der Waals surface area contributed by atoms with E-state index in [4.69, 9.17) is 0 Å². The molecule has 3 heteroatoms. The van der Waals surface area contributed by atoms with Crippen molar-refractivity contribution in [3.05, 3.63) is 30.3 Å². The molecule has 0 saturated carbocycles. The van der Waals surface area contributed by atoms with Gasteiger partial charge in [-0.25, -0.2) is 0 Å². The fourth-order valence-electron chi connectivity index (χ4n) is 1.67. The fraction of sp³-hybridized carbons (Fsp3) is 0.538. The molecule has 16 heavy (non-hydrogen) atoms. The molecule has 0 radical (unpaired) electrons. The largest absolute Gasteiger partial charge is 0.341 e. The standard InChI is InChI=1S/C13H21O2P/c1-12(2)8-6-7-11-16(14,15)13-9-4-3-5-10-13/h3-5,9-10,12H,6-8,11H2,1-2H3,(H,14,15). The summed E-state index contributed by atoms with van der Waals surface area (Å²) in [6.07, 6.45) is 3.41. The molecule has 1 atom stereocenters. The van der Waals surface area contributed by atoms with E-state index >= 15 is 0 Å². The Bertz CT molecular complexity index is 346. The Hall–Kier alpha value is -0.590. The number of hydrogen-bond donors (Lipinski definition) is 1. The van der Waals surface area contributed by atoms with Crippen LogP contribution >= 0.6 is 7.37 Å². The Balaban J connectivity index is 2.44. The minimum absolute atomic E-state index is 0.406. The Morgan fingerprint density at radius 3 is 2.38 bits per heavy atom. The highest BCUT2D eigenvalue weighted by Crippen LogP contribution is 2.40. The number of hydrogen-bond acceptors (Lipinski definition) is 1. The first-order chi connectivity index (χ1) is 7.52. The highest BCUT2D eigenvalue weighted by Gasteiger charge is 2.19. The molecule has 90 valence electrons. The zero-order valence-electron chi connectivity index (χ0n) is 10.1. The van der Waals surface area contributed by atoms with Crippen molar-refractivity contribution in [3.63, 3.8) is 0 Å². The van der Waals surface area contributed by atoms with Crippen LogP contribution in [0.25, 0.3) is 0 Å². The SMILES string of the molecule is CC(C)CCCCP(=O)(O)c1ccccc1. The highest BCUT2D eigenvalue weighted by atomic mass is 31.2. The van der Waals surface area contributed by atoms with Gasteiger partial charge in [-0.1, -0.05) is 44.9 Å². The van der Waals surface area contributed by atoms with E-state index in [0.29, 0.717) is 17.4 Å². The van der Waals surface area contributed by atoms with E-state index in [2.05, 4.69) is 13.8 Å². The van der Waals surface area contributed by atoms with Crippen LogP contribution in [0.3, 0.4) is 0 Å². The van der Waals surface area contributed by atoms with E-state index in [1.807, 2.05) is 18.2 Å². The van der Waals surface area contributed by atoms with Gasteiger partial charge in [0.1, 0.15) is 0 Å². The summed E-state index contributed by atoms with van der Waals surface area (Å²) in [6.45, 7) is 4.35. The summed E-state index contributed by atoms with van der Waals surface area (Å²) in [5, 5.41) is 0.583. The van der Waals surface area contributed by atoms with Crippen molar-refractivity contribution < 1.29 is 9.46 Å². The Labute approximate surface area is 98.2 Å². The molecule has 0 heterocycles. The molecule has 1 aromatic rings. The minimum atomic E-state index is -3.10. The smallest absolute Gasteiger partial charge is 0.229 e. The predicted octanol–water partition coefficient (Wildman–Crippen LogP) is 3.41. The third kappa shape index (κ3) is 4.51. The minimum Gasteiger partial charge on any atom is -0.341 e. The predicted molar refractivity (Wildman–Crippen MR) is 69.5 cm³/mol. The maximum atomic E-state index is 12.0. The number of unbranched alkanes of at least 4 members (excludes halogenated alkanes) is 1. The molecule has 0 bridgehead atoms. The molecule has 1 N–H and O–H groups in total. The summed E-state index contributed by atoms with van der Waals surface area (Å²) in [6, 6.07) is 8.97. The zero-order valence-corrected chi connectivity index (χ0v) is 11.0. The molecular weight excluding hydrogens is 219 g/mol. The van der Waals surface area contributed by atoms with Gasteiger partial charge in [0.2, 0.25) is 7.37 Å². The van der Waals surface area contributed by atoms with Gasteiger partial charge in [0.15, 0.2) is 0 Å².